The number of amides is 1. The molecule has 2 heterocycles. The molecule has 10 nitrogen and oxygen atoms in total. The molecule has 1 saturated heterocycles. The van der Waals surface area contributed by atoms with E-state index in [-0.39, 0.29) is 23.5 Å². The molecule has 1 amide bonds. The van der Waals surface area contributed by atoms with Gasteiger partial charge in [-0.3, -0.25) is 4.79 Å². The Kier molecular flexibility index (Phi) is 14.1. The number of nitrogens with one attached hydrogen (secondary N) is 3. The Morgan fingerprint density at radius 1 is 0.900 bits per heavy atom. The van der Waals surface area contributed by atoms with Gasteiger partial charge >= 0.3 is 6.09 Å². The van der Waals surface area contributed by atoms with Crippen LogP contribution in [0.3, 0.4) is 0 Å². The van der Waals surface area contributed by atoms with Gasteiger partial charge in [-0.25, -0.2) is 4.79 Å². The summed E-state index contributed by atoms with van der Waals surface area (Å²) in [5, 5.41) is 27.8. The number of alkyl carbamates (subject to hydrolysis) is 1. The molecular formula is C40H52N4O6. The van der Waals surface area contributed by atoms with Crippen molar-refractivity contribution in [2.75, 3.05) is 39.8 Å². The third-order valence-electron chi connectivity index (χ3n) is 9.40. The lowest BCUT2D eigenvalue weighted by Crippen LogP contribution is -2.38. The van der Waals surface area contributed by atoms with Gasteiger partial charge in [0.25, 0.3) is 0 Å². The Hall–Kier alpha value is -4.38. The number of hydrogen-bond acceptors (Lipinski definition) is 8. The first-order chi connectivity index (χ1) is 24.4. The average Bonchev–Trinajstić information content (AvgIpc) is 3.13. The van der Waals surface area contributed by atoms with Crippen LogP contribution in [-0.2, 0) is 4.74 Å². The number of unbranched alkanes of at least 4 members (excludes halogenated alkanes) is 6. The Labute approximate surface area is 294 Å². The van der Waals surface area contributed by atoms with Crippen molar-refractivity contribution in [3.8, 4) is 11.5 Å². The summed E-state index contributed by atoms with van der Waals surface area (Å²) in [4.78, 5) is 29.5. The summed E-state index contributed by atoms with van der Waals surface area (Å²) in [5.41, 5.74) is 2.66. The fraction of sp³-hybridized carbons (Fsp3) is 0.450. The predicted octanol–water partition coefficient (Wildman–Crippen LogP) is 6.58. The number of rotatable bonds is 18. The minimum atomic E-state index is -0.742. The number of carbonyl (C=O) groups is 1. The highest BCUT2D eigenvalue weighted by atomic mass is 16.6. The summed E-state index contributed by atoms with van der Waals surface area (Å²) in [7, 11) is 2.09. The van der Waals surface area contributed by atoms with E-state index >= 15 is 0 Å². The van der Waals surface area contributed by atoms with Crippen molar-refractivity contribution in [2.24, 2.45) is 0 Å². The lowest BCUT2D eigenvalue weighted by atomic mass is 9.98. The molecule has 1 aliphatic heterocycles. The van der Waals surface area contributed by atoms with Crippen molar-refractivity contribution in [2.45, 2.75) is 76.0 Å². The topological polar surface area (TPSA) is 136 Å². The van der Waals surface area contributed by atoms with Crippen LogP contribution >= 0.6 is 0 Å². The number of benzene rings is 3. The monoisotopic (exact) mass is 684 g/mol. The number of ether oxygens (including phenoxy) is 2. The van der Waals surface area contributed by atoms with Crippen LogP contribution in [-0.4, -0.2) is 72.1 Å². The summed E-state index contributed by atoms with van der Waals surface area (Å²) >= 11 is 0. The van der Waals surface area contributed by atoms with Gasteiger partial charge < -0.3 is 40.2 Å². The molecule has 2 atom stereocenters. The quantitative estimate of drug-likeness (QED) is 0.0743. The first-order valence-electron chi connectivity index (χ1n) is 18.0. The average molecular weight is 685 g/mol. The fourth-order valence-electron chi connectivity index (χ4n) is 6.52. The smallest absolute Gasteiger partial charge is 0.408 e. The predicted molar refractivity (Wildman–Crippen MR) is 197 cm³/mol. The van der Waals surface area contributed by atoms with Gasteiger partial charge in [0.15, 0.2) is 0 Å². The van der Waals surface area contributed by atoms with Crippen LogP contribution in [0.5, 0.6) is 11.5 Å². The highest BCUT2D eigenvalue weighted by Crippen LogP contribution is 2.29. The number of hydrogen-bond donors (Lipinski definition) is 5. The Morgan fingerprint density at radius 2 is 1.62 bits per heavy atom. The number of pyridine rings is 1. The lowest BCUT2D eigenvalue weighted by Gasteiger charge is -2.29. The normalized spacial score (nSPS) is 15.1. The van der Waals surface area contributed by atoms with Crippen LogP contribution in [0, 0.1) is 0 Å². The van der Waals surface area contributed by atoms with E-state index in [1.165, 1.54) is 18.6 Å². The van der Waals surface area contributed by atoms with Crippen LogP contribution in [0.15, 0.2) is 83.7 Å². The molecule has 1 aliphatic rings. The number of nitrogens with zero attached hydrogens (tertiary/aromatic N) is 1. The maximum Gasteiger partial charge on any atom is 0.408 e. The van der Waals surface area contributed by atoms with E-state index in [9.17, 15) is 19.8 Å². The molecular weight excluding hydrogens is 632 g/mol. The molecule has 0 radical (unpaired) electrons. The second kappa shape index (κ2) is 19.1. The second-order valence-corrected chi connectivity index (χ2v) is 13.3. The van der Waals surface area contributed by atoms with Crippen molar-refractivity contribution >= 4 is 17.0 Å². The van der Waals surface area contributed by atoms with E-state index in [4.69, 9.17) is 9.47 Å². The number of piperidine rings is 1. The summed E-state index contributed by atoms with van der Waals surface area (Å²) in [5.74, 6) is 0.782. The summed E-state index contributed by atoms with van der Waals surface area (Å²) < 4.78 is 11.9. The van der Waals surface area contributed by atoms with E-state index in [1.54, 1.807) is 12.1 Å². The number of carbonyl (C=O) groups excluding carboxylic acids is 1. The van der Waals surface area contributed by atoms with Crippen LogP contribution < -0.4 is 20.9 Å². The van der Waals surface area contributed by atoms with Crippen molar-refractivity contribution < 1.29 is 24.5 Å². The van der Waals surface area contributed by atoms with E-state index in [0.29, 0.717) is 29.6 Å². The highest BCUT2D eigenvalue weighted by molar-refractivity contribution is 5.87. The maximum atomic E-state index is 12.9. The van der Waals surface area contributed by atoms with Crippen LogP contribution in [0.2, 0.25) is 0 Å². The molecule has 0 bridgehead atoms. The Bertz CT molecular complexity index is 1690. The molecule has 0 saturated carbocycles. The molecule has 5 N–H and O–H groups in total. The number of aromatic hydroxyl groups is 1. The number of H-pyrrole nitrogens is 1. The van der Waals surface area contributed by atoms with Crippen molar-refractivity contribution in [3.63, 3.8) is 0 Å². The van der Waals surface area contributed by atoms with Gasteiger partial charge in [-0.05, 0) is 80.2 Å². The minimum Gasteiger partial charge on any atom is -0.506 e. The first-order valence-corrected chi connectivity index (χ1v) is 18.0. The number of likely N-dealkylation sites (tertiary alicyclic amines) is 1. The largest absolute Gasteiger partial charge is 0.506 e. The van der Waals surface area contributed by atoms with Gasteiger partial charge in [-0.1, -0.05) is 80.6 Å². The number of aromatic amines is 1. The van der Waals surface area contributed by atoms with E-state index in [2.05, 4.69) is 27.6 Å². The number of phenolic OH excluding ortho intramolecular Hbond substituents is 1. The molecule has 50 heavy (non-hydrogen) atoms. The van der Waals surface area contributed by atoms with Gasteiger partial charge in [0, 0.05) is 31.1 Å². The third kappa shape index (κ3) is 11.1. The minimum absolute atomic E-state index is 0.00993. The molecule has 1 aromatic heterocycles. The maximum absolute atomic E-state index is 12.9. The first kappa shape index (κ1) is 36.9. The number of aromatic nitrogens is 1. The Morgan fingerprint density at radius 3 is 2.40 bits per heavy atom. The van der Waals surface area contributed by atoms with E-state index < -0.39 is 12.2 Å². The highest BCUT2D eigenvalue weighted by Gasteiger charge is 2.23. The number of phenols is 1. The molecule has 10 heteroatoms. The van der Waals surface area contributed by atoms with Gasteiger partial charge in [0.05, 0.1) is 24.3 Å². The van der Waals surface area contributed by atoms with Gasteiger partial charge in [0.1, 0.15) is 17.6 Å². The molecule has 268 valence electrons. The van der Waals surface area contributed by atoms with Gasteiger partial charge in [-0.2, -0.15) is 0 Å². The zero-order valence-electron chi connectivity index (χ0n) is 29.1. The number of aliphatic hydroxyl groups excluding tert-OH is 1. The second-order valence-electron chi connectivity index (χ2n) is 13.3. The summed E-state index contributed by atoms with van der Waals surface area (Å²) in [6.07, 6.45) is 8.24. The van der Waals surface area contributed by atoms with Gasteiger partial charge in [-0.15, -0.1) is 0 Å². The van der Waals surface area contributed by atoms with E-state index in [1.807, 2.05) is 54.6 Å². The van der Waals surface area contributed by atoms with Crippen LogP contribution in [0.4, 0.5) is 4.79 Å². The Balaban J connectivity index is 0.959. The van der Waals surface area contributed by atoms with Crippen molar-refractivity contribution in [1.82, 2.24) is 20.5 Å². The SMILES string of the molecule is CN1CCC(OC(=O)NC(c2ccccc2)c2cccc(OCCCCCCCCCNCC(O)c3ccc(O)c4[nH]c(=O)ccc34)c2)CC1. The summed E-state index contributed by atoms with van der Waals surface area (Å²) in [6.45, 7) is 3.72. The van der Waals surface area contributed by atoms with E-state index in [0.717, 1.165) is 87.9 Å². The van der Waals surface area contributed by atoms with Gasteiger partial charge in [0.2, 0.25) is 5.56 Å². The van der Waals surface area contributed by atoms with Crippen LogP contribution in [0.1, 0.15) is 86.6 Å². The van der Waals surface area contributed by atoms with Crippen molar-refractivity contribution in [3.05, 3.63) is 106 Å². The molecule has 0 spiro atoms. The standard InChI is InChI=1S/C40H52N4O6/c1-44-24-21-31(22-25-44)50-40(48)43-38(29-13-8-7-9-14-29)30-15-12-16-32(27-30)49-26-11-6-4-2-3-5-10-23-41-28-36(46)33-17-19-35(45)39-34(33)18-20-37(47)42-39/h7-9,12-20,27,31,36,38,41,45-46H,2-6,10-11,21-26,28H2,1H3,(H,42,47)(H,43,48). The summed E-state index contributed by atoms with van der Waals surface area (Å²) in [6, 6.07) is 23.8. The third-order valence-corrected chi connectivity index (χ3v) is 9.40. The van der Waals surface area contributed by atoms with Crippen LogP contribution in [0.25, 0.3) is 10.9 Å². The fourth-order valence-corrected chi connectivity index (χ4v) is 6.52. The van der Waals surface area contributed by atoms with Crippen molar-refractivity contribution in [1.29, 1.82) is 0 Å². The zero-order valence-corrected chi connectivity index (χ0v) is 29.1. The lowest BCUT2D eigenvalue weighted by molar-refractivity contribution is 0.0559. The zero-order chi connectivity index (χ0) is 35.1. The molecule has 1 fully saturated rings. The molecule has 2 unspecified atom stereocenters. The molecule has 3 aromatic carbocycles. The number of fused-ring (bicyclic) bond motifs is 1. The number of aliphatic hydroxyl groups is 1. The molecule has 5 rings (SSSR count). The molecule has 0 aliphatic carbocycles. The molecule has 4 aromatic rings.